The lowest BCUT2D eigenvalue weighted by Gasteiger charge is -2.22. The number of hydrazone groups is 2. The highest BCUT2D eigenvalue weighted by Gasteiger charge is 2.26. The number of ether oxygens (including phenoxy) is 1. The van der Waals surface area contributed by atoms with Gasteiger partial charge in [-0.15, -0.1) is 10.2 Å². The quantitative estimate of drug-likeness (QED) is 0.0770. The van der Waals surface area contributed by atoms with Gasteiger partial charge in [-0.2, -0.15) is 0 Å². The zero-order chi connectivity index (χ0) is 34.6. The first kappa shape index (κ1) is 38.7. The van der Waals surface area contributed by atoms with Crippen LogP contribution in [0.2, 0.25) is 0 Å². The average Bonchev–Trinajstić information content (AvgIpc) is 3.01. The molecule has 0 aliphatic heterocycles. The second-order valence-electron chi connectivity index (χ2n) is 9.87. The van der Waals surface area contributed by atoms with E-state index in [-0.39, 0.29) is 6.54 Å². The van der Waals surface area contributed by atoms with Crippen LogP contribution < -0.4 is 13.8 Å². The summed E-state index contributed by atoms with van der Waals surface area (Å²) in [6.45, 7) is 0.0421. The number of hydrogen-bond donors (Lipinski definition) is 4. The molecule has 0 radical (unpaired) electrons. The van der Waals surface area contributed by atoms with E-state index in [9.17, 15) is 28.7 Å². The van der Waals surface area contributed by atoms with Crippen molar-refractivity contribution >= 4 is 65.4 Å². The fourth-order valence-corrected chi connectivity index (χ4v) is 7.26. The number of rotatable bonds is 18. The molecule has 0 aliphatic carbocycles. The molecule has 2 atom stereocenters. The van der Waals surface area contributed by atoms with E-state index in [1.54, 1.807) is 74.8 Å². The number of nitrogens with zero attached hydrogens (tertiary/aromatic N) is 5. The van der Waals surface area contributed by atoms with Crippen LogP contribution >= 0.6 is 29.3 Å². The Labute approximate surface area is 285 Å². The molecule has 47 heavy (non-hydrogen) atoms. The molecule has 0 saturated carbocycles. The molecule has 20 heteroatoms. The summed E-state index contributed by atoms with van der Waals surface area (Å²) in [7, 11) is -6.90. The van der Waals surface area contributed by atoms with Gasteiger partial charge in [0.25, 0.3) is 0 Å². The minimum Gasteiger partial charge on any atom is -0.497 e. The normalized spacial score (nSPS) is 12.8. The van der Waals surface area contributed by atoms with E-state index in [2.05, 4.69) is 10.2 Å². The lowest BCUT2D eigenvalue weighted by molar-refractivity contribution is 0.279. The Kier molecular flexibility index (Phi) is 15.0. The standard InChI is InChI=1S/C27H33N5O9P4S2/c1-30(28-18-23-6-10-25(39-3)11-7-23)43(47)41-27-14-8-24(9-15-27)19-29-31(2)42(46)40-26-12-4-22(5-13-26)16-17-32(20-44(33,34)35)21-45(36,37)38/h4-15,18-19H,16-17,20-21H2,1-3H3,(H2-2,33,34,35,36,37,38)/p+2/b28-18+,29-19+. The summed E-state index contributed by atoms with van der Waals surface area (Å²) in [5.74, 6) is 1.86. The third-order valence-corrected chi connectivity index (χ3v) is 11.3. The highest BCUT2D eigenvalue weighted by molar-refractivity contribution is 8.02. The van der Waals surface area contributed by atoms with Crippen molar-refractivity contribution < 1.29 is 42.5 Å². The number of hydrogen-bond acceptors (Lipinski definition) is 10. The van der Waals surface area contributed by atoms with Crippen molar-refractivity contribution in [1.29, 1.82) is 0 Å². The maximum Gasteiger partial charge on any atom is 0.540 e. The van der Waals surface area contributed by atoms with Gasteiger partial charge in [0, 0.05) is 6.54 Å². The van der Waals surface area contributed by atoms with E-state index >= 15 is 0 Å². The molecule has 0 aliphatic rings. The molecule has 0 saturated heterocycles. The van der Waals surface area contributed by atoms with Crippen LogP contribution in [0.5, 0.6) is 17.2 Å². The van der Waals surface area contributed by atoms with Gasteiger partial charge in [-0.1, -0.05) is 21.7 Å². The van der Waals surface area contributed by atoms with Crippen molar-refractivity contribution in [2.45, 2.75) is 6.42 Å². The largest absolute Gasteiger partial charge is 0.540 e. The molecule has 0 spiro atoms. The number of benzene rings is 3. The topological polar surface area (TPSA) is 177 Å². The Balaban J connectivity index is 1.47. The first-order valence-corrected chi connectivity index (χ1v) is 21.6. The van der Waals surface area contributed by atoms with Gasteiger partial charge in [0.15, 0.2) is 11.5 Å². The predicted molar refractivity (Wildman–Crippen MR) is 191 cm³/mol. The maximum absolute atomic E-state index is 11.3. The zero-order valence-corrected chi connectivity index (χ0v) is 30.8. The molecule has 4 N–H and O–H groups in total. The van der Waals surface area contributed by atoms with Gasteiger partial charge in [0.1, 0.15) is 18.3 Å². The summed E-state index contributed by atoms with van der Waals surface area (Å²) in [5.41, 5.74) is 2.49. The van der Waals surface area contributed by atoms with E-state index in [0.29, 0.717) is 17.9 Å². The van der Waals surface area contributed by atoms with Crippen LogP contribution in [0.3, 0.4) is 0 Å². The molecular weight excluding hydrogens is 726 g/mol. The second-order valence-corrected chi connectivity index (χ2v) is 17.4. The third-order valence-electron chi connectivity index (χ3n) is 5.99. The maximum atomic E-state index is 11.3. The zero-order valence-electron chi connectivity index (χ0n) is 25.6. The number of methoxy groups -OCH3 is 1. The Morgan fingerprint density at radius 2 is 1.09 bits per heavy atom. The summed E-state index contributed by atoms with van der Waals surface area (Å²) in [6, 6.07) is 21.6. The van der Waals surface area contributed by atoms with E-state index < -0.39 is 41.9 Å². The predicted octanol–water partition coefficient (Wildman–Crippen LogP) is 5.05. The third kappa shape index (κ3) is 14.9. The summed E-state index contributed by atoms with van der Waals surface area (Å²) >= 11 is 11.0. The molecule has 0 heterocycles. The first-order valence-electron chi connectivity index (χ1n) is 13.6. The minimum atomic E-state index is -4.49. The van der Waals surface area contributed by atoms with Gasteiger partial charge in [-0.25, -0.2) is 0 Å². The first-order chi connectivity index (χ1) is 22.1. The minimum absolute atomic E-state index is 0.0421. The van der Waals surface area contributed by atoms with Gasteiger partial charge >= 0.3 is 29.3 Å². The molecule has 0 fully saturated rings. The van der Waals surface area contributed by atoms with Crippen LogP contribution in [0, 0.1) is 0 Å². The van der Waals surface area contributed by atoms with Gasteiger partial charge in [0.05, 0.1) is 33.6 Å². The van der Waals surface area contributed by atoms with Gasteiger partial charge in [0.2, 0.25) is 23.6 Å². The fourth-order valence-electron chi connectivity index (χ4n) is 3.70. The van der Waals surface area contributed by atoms with E-state index in [0.717, 1.165) is 27.3 Å². The lowest BCUT2D eigenvalue weighted by atomic mass is 10.1. The van der Waals surface area contributed by atoms with E-state index in [1.807, 2.05) is 36.4 Å². The Morgan fingerprint density at radius 1 is 0.702 bits per heavy atom. The highest BCUT2D eigenvalue weighted by Crippen LogP contribution is 2.41. The van der Waals surface area contributed by atoms with Crippen LogP contribution in [0.4, 0.5) is 0 Å². The molecule has 0 amide bonds. The molecule has 2 unspecified atom stereocenters. The van der Waals surface area contributed by atoms with Crippen molar-refractivity contribution in [3.63, 3.8) is 0 Å². The monoisotopic (exact) mass is 761 g/mol. The smallest absolute Gasteiger partial charge is 0.497 e. The Morgan fingerprint density at radius 3 is 1.47 bits per heavy atom. The highest BCUT2D eigenvalue weighted by atomic mass is 32.4. The van der Waals surface area contributed by atoms with E-state index in [1.165, 1.54) is 4.78 Å². The second kappa shape index (κ2) is 18.2. The van der Waals surface area contributed by atoms with Crippen LogP contribution in [0.1, 0.15) is 16.7 Å². The Bertz CT molecular complexity index is 1630. The van der Waals surface area contributed by atoms with Crippen LogP contribution in [0.15, 0.2) is 83.0 Å². The average molecular weight is 762 g/mol. The molecule has 14 nitrogen and oxygen atoms in total. The fraction of sp³-hybridized carbons (Fsp3) is 0.259. The van der Waals surface area contributed by atoms with Gasteiger partial charge in [-0.3, -0.25) is 23.1 Å². The summed E-state index contributed by atoms with van der Waals surface area (Å²) < 4.78 is 42.7. The van der Waals surface area contributed by atoms with E-state index in [4.69, 9.17) is 37.4 Å². The van der Waals surface area contributed by atoms with Crippen molar-refractivity contribution in [3.8, 4) is 17.2 Å². The Hall–Kier alpha value is -2.70. The van der Waals surface area contributed by atoms with Crippen molar-refractivity contribution in [2.24, 2.45) is 10.2 Å². The molecule has 3 aromatic rings. The van der Waals surface area contributed by atoms with Crippen LogP contribution in [-0.4, -0.2) is 86.8 Å². The lowest BCUT2D eigenvalue weighted by Crippen LogP contribution is -2.28. The van der Waals surface area contributed by atoms with Crippen molar-refractivity contribution in [1.82, 2.24) is 14.5 Å². The van der Waals surface area contributed by atoms with Gasteiger partial charge in [-0.05, 0) is 83.8 Å². The van der Waals surface area contributed by atoms with Crippen LogP contribution in [-0.2, 0) is 39.2 Å². The molecule has 3 aromatic carbocycles. The molecule has 3 rings (SSSR count). The molecular formula is C27H35N5O9P4S2+2. The SMILES string of the molecule is COc1ccc(/C=N/N(C)[P+](=S)Oc2ccc(/C=N/N(C)[P+](=S)Oc3ccc(CCN(CP(=O)(O)O)CP(=O)(O)O)cc3)cc2)cc1. The van der Waals surface area contributed by atoms with Crippen LogP contribution in [0.25, 0.3) is 0 Å². The van der Waals surface area contributed by atoms with Gasteiger partial charge < -0.3 is 24.3 Å². The summed E-state index contributed by atoms with van der Waals surface area (Å²) in [6.07, 6.45) is 2.14. The molecule has 0 bridgehead atoms. The molecule has 0 aromatic heterocycles. The summed E-state index contributed by atoms with van der Waals surface area (Å²) in [4.78, 5) is 37.9. The molecule has 252 valence electrons. The summed E-state index contributed by atoms with van der Waals surface area (Å²) in [5, 5.41) is 8.75. The van der Waals surface area contributed by atoms with Crippen molar-refractivity contribution in [2.75, 3.05) is 40.3 Å². The van der Waals surface area contributed by atoms with Crippen molar-refractivity contribution in [3.05, 3.63) is 89.5 Å².